The van der Waals surface area contributed by atoms with Gasteiger partial charge in [-0.05, 0) is 37.7 Å². The predicted molar refractivity (Wildman–Crippen MR) is 87.3 cm³/mol. The molecule has 1 spiro atoms. The summed E-state index contributed by atoms with van der Waals surface area (Å²) in [7, 11) is 0. The molecule has 0 bridgehead atoms. The summed E-state index contributed by atoms with van der Waals surface area (Å²) in [5.41, 5.74) is 1.36. The molecule has 3 fully saturated rings. The molecule has 4 rings (SSSR count). The van der Waals surface area contributed by atoms with Crippen molar-refractivity contribution in [2.75, 3.05) is 26.3 Å². The third-order valence-corrected chi connectivity index (χ3v) is 5.67. The molecule has 3 heterocycles. The van der Waals surface area contributed by atoms with Crippen LogP contribution in [0.25, 0.3) is 0 Å². The van der Waals surface area contributed by atoms with Gasteiger partial charge in [0.1, 0.15) is 6.10 Å². The Kier molecular flexibility index (Phi) is 4.12. The van der Waals surface area contributed by atoms with Crippen LogP contribution in [0.3, 0.4) is 0 Å². The highest BCUT2D eigenvalue weighted by atomic mass is 16.5. The Bertz CT molecular complexity index is 545. The van der Waals surface area contributed by atoms with E-state index >= 15 is 0 Å². The standard InChI is InChI=1S/C19H25NO3/c21-18(17-7-4-12-22-17)20-10-8-19(9-11-20)13-16(14-23-19)15-5-2-1-3-6-15/h1-3,5-6,16-17H,4,7-14H2/t16-,17-/m1/s1. The summed E-state index contributed by atoms with van der Waals surface area (Å²) in [5, 5.41) is 0. The summed E-state index contributed by atoms with van der Waals surface area (Å²) >= 11 is 0. The number of likely N-dealkylation sites (tertiary alicyclic amines) is 1. The van der Waals surface area contributed by atoms with Gasteiger partial charge in [0.2, 0.25) is 0 Å². The number of carbonyl (C=O) groups excluding carboxylic acids is 1. The Balaban J connectivity index is 1.35. The van der Waals surface area contributed by atoms with Crippen molar-refractivity contribution in [1.82, 2.24) is 4.90 Å². The molecule has 1 amide bonds. The van der Waals surface area contributed by atoms with Gasteiger partial charge in [-0.25, -0.2) is 0 Å². The van der Waals surface area contributed by atoms with Crippen LogP contribution in [0, 0.1) is 0 Å². The van der Waals surface area contributed by atoms with Crippen molar-refractivity contribution >= 4 is 5.91 Å². The molecule has 4 heteroatoms. The van der Waals surface area contributed by atoms with E-state index in [0.717, 1.165) is 58.4 Å². The zero-order chi connectivity index (χ0) is 15.7. The highest BCUT2D eigenvalue weighted by Crippen LogP contribution is 2.42. The molecule has 1 aromatic carbocycles. The van der Waals surface area contributed by atoms with Gasteiger partial charge in [0.25, 0.3) is 5.91 Å². The van der Waals surface area contributed by atoms with Crippen molar-refractivity contribution in [2.24, 2.45) is 0 Å². The van der Waals surface area contributed by atoms with E-state index in [2.05, 4.69) is 30.3 Å². The zero-order valence-corrected chi connectivity index (χ0v) is 13.6. The highest BCUT2D eigenvalue weighted by molar-refractivity contribution is 5.81. The smallest absolute Gasteiger partial charge is 0.251 e. The van der Waals surface area contributed by atoms with E-state index in [4.69, 9.17) is 9.47 Å². The van der Waals surface area contributed by atoms with Crippen LogP contribution in [-0.2, 0) is 14.3 Å². The van der Waals surface area contributed by atoms with Gasteiger partial charge in [-0.15, -0.1) is 0 Å². The third-order valence-electron chi connectivity index (χ3n) is 5.67. The number of benzene rings is 1. The Labute approximate surface area is 137 Å². The number of piperidine rings is 1. The maximum Gasteiger partial charge on any atom is 0.251 e. The minimum Gasteiger partial charge on any atom is -0.374 e. The maximum atomic E-state index is 12.4. The Morgan fingerprint density at radius 3 is 2.65 bits per heavy atom. The number of amides is 1. The second-order valence-corrected chi connectivity index (χ2v) is 7.13. The van der Waals surface area contributed by atoms with Crippen LogP contribution in [0.15, 0.2) is 30.3 Å². The minimum atomic E-state index is -0.189. The van der Waals surface area contributed by atoms with Crippen LogP contribution < -0.4 is 0 Å². The van der Waals surface area contributed by atoms with Gasteiger partial charge in [0.05, 0.1) is 12.2 Å². The van der Waals surface area contributed by atoms with Crippen LogP contribution in [0.5, 0.6) is 0 Å². The molecule has 3 aliphatic rings. The van der Waals surface area contributed by atoms with Gasteiger partial charge in [0.15, 0.2) is 0 Å². The molecule has 4 nitrogen and oxygen atoms in total. The van der Waals surface area contributed by atoms with Gasteiger partial charge in [0, 0.05) is 25.6 Å². The summed E-state index contributed by atoms with van der Waals surface area (Å²) in [6.45, 7) is 3.15. The van der Waals surface area contributed by atoms with E-state index in [0.29, 0.717) is 5.92 Å². The molecule has 3 aliphatic heterocycles. The van der Waals surface area contributed by atoms with Crippen molar-refractivity contribution in [3.8, 4) is 0 Å². The molecule has 0 aliphatic carbocycles. The first-order chi connectivity index (χ1) is 11.3. The van der Waals surface area contributed by atoms with Crippen molar-refractivity contribution in [2.45, 2.75) is 49.7 Å². The Hall–Kier alpha value is -1.39. The van der Waals surface area contributed by atoms with E-state index in [9.17, 15) is 4.79 Å². The lowest BCUT2D eigenvalue weighted by Gasteiger charge is -2.39. The van der Waals surface area contributed by atoms with Gasteiger partial charge in [-0.2, -0.15) is 0 Å². The fraction of sp³-hybridized carbons (Fsp3) is 0.632. The SMILES string of the molecule is O=C([C@H]1CCCO1)N1CCC2(CC1)C[C@@H](c1ccccc1)CO2. The average Bonchev–Trinajstić information content (AvgIpc) is 3.26. The molecule has 0 radical (unpaired) electrons. The largest absolute Gasteiger partial charge is 0.374 e. The molecular formula is C19H25NO3. The van der Waals surface area contributed by atoms with Crippen molar-refractivity contribution < 1.29 is 14.3 Å². The molecule has 0 N–H and O–H groups in total. The van der Waals surface area contributed by atoms with E-state index in [1.807, 2.05) is 4.90 Å². The minimum absolute atomic E-state index is 0.0200. The molecule has 23 heavy (non-hydrogen) atoms. The second kappa shape index (κ2) is 6.25. The molecule has 0 aromatic heterocycles. The topological polar surface area (TPSA) is 38.8 Å². The lowest BCUT2D eigenvalue weighted by Crippen LogP contribution is -2.49. The van der Waals surface area contributed by atoms with E-state index in [1.54, 1.807) is 0 Å². The predicted octanol–water partition coefficient (Wildman–Crippen LogP) is 2.73. The monoisotopic (exact) mass is 315 g/mol. The first-order valence-corrected chi connectivity index (χ1v) is 8.85. The molecule has 0 unspecified atom stereocenters. The number of nitrogens with zero attached hydrogens (tertiary/aromatic N) is 1. The fourth-order valence-electron chi connectivity index (χ4n) is 4.24. The number of ether oxygens (including phenoxy) is 2. The van der Waals surface area contributed by atoms with Crippen molar-refractivity contribution in [1.29, 1.82) is 0 Å². The third kappa shape index (κ3) is 3.02. The molecule has 2 atom stereocenters. The first kappa shape index (κ1) is 15.2. The van der Waals surface area contributed by atoms with Crippen LogP contribution in [0.4, 0.5) is 0 Å². The van der Waals surface area contributed by atoms with Gasteiger partial charge >= 0.3 is 0 Å². The molecule has 1 aromatic rings. The van der Waals surface area contributed by atoms with Gasteiger partial charge < -0.3 is 14.4 Å². The van der Waals surface area contributed by atoms with Crippen molar-refractivity contribution in [3.63, 3.8) is 0 Å². The Morgan fingerprint density at radius 1 is 1.17 bits per heavy atom. The quantitative estimate of drug-likeness (QED) is 0.842. The summed E-state index contributed by atoms with van der Waals surface area (Å²) in [6, 6.07) is 10.7. The molecular weight excluding hydrogens is 290 g/mol. The lowest BCUT2D eigenvalue weighted by atomic mass is 9.83. The zero-order valence-electron chi connectivity index (χ0n) is 13.6. The number of hydrogen-bond acceptors (Lipinski definition) is 3. The number of rotatable bonds is 2. The molecule has 124 valence electrons. The second-order valence-electron chi connectivity index (χ2n) is 7.13. The summed E-state index contributed by atoms with van der Waals surface area (Å²) in [6.07, 6.45) is 4.69. The highest BCUT2D eigenvalue weighted by Gasteiger charge is 2.44. The molecule has 0 saturated carbocycles. The normalized spacial score (nSPS) is 30.0. The summed E-state index contributed by atoms with van der Waals surface area (Å²) < 4.78 is 11.8. The number of hydrogen-bond donors (Lipinski definition) is 0. The maximum absolute atomic E-state index is 12.4. The fourth-order valence-corrected chi connectivity index (χ4v) is 4.24. The average molecular weight is 315 g/mol. The lowest BCUT2D eigenvalue weighted by molar-refractivity contribution is -0.145. The van der Waals surface area contributed by atoms with Crippen LogP contribution in [-0.4, -0.2) is 48.8 Å². The van der Waals surface area contributed by atoms with Crippen LogP contribution in [0.2, 0.25) is 0 Å². The van der Waals surface area contributed by atoms with E-state index in [-0.39, 0.29) is 17.6 Å². The summed E-state index contributed by atoms with van der Waals surface area (Å²) in [5.74, 6) is 0.687. The van der Waals surface area contributed by atoms with E-state index < -0.39 is 0 Å². The Morgan fingerprint density at radius 2 is 1.96 bits per heavy atom. The van der Waals surface area contributed by atoms with Gasteiger partial charge in [-0.3, -0.25) is 4.79 Å². The van der Waals surface area contributed by atoms with Crippen LogP contribution >= 0.6 is 0 Å². The van der Waals surface area contributed by atoms with E-state index in [1.165, 1.54) is 5.56 Å². The first-order valence-electron chi connectivity index (χ1n) is 8.85. The summed E-state index contributed by atoms with van der Waals surface area (Å²) in [4.78, 5) is 14.4. The molecule has 3 saturated heterocycles. The van der Waals surface area contributed by atoms with Crippen LogP contribution in [0.1, 0.15) is 43.6 Å². The number of carbonyl (C=O) groups is 1. The van der Waals surface area contributed by atoms with Crippen molar-refractivity contribution in [3.05, 3.63) is 35.9 Å². The van der Waals surface area contributed by atoms with Gasteiger partial charge in [-0.1, -0.05) is 30.3 Å².